The second kappa shape index (κ2) is 7.37. The number of amides is 1. The molecule has 0 fully saturated rings. The molecule has 0 aliphatic rings. The lowest BCUT2D eigenvalue weighted by Crippen LogP contribution is -2.34. The SMILES string of the molecule is COc1cc(C)ccc1OCC(=O)NCC(C)C(=O)O. The summed E-state index contributed by atoms with van der Waals surface area (Å²) < 4.78 is 10.5. The normalized spacial score (nSPS) is 11.6. The highest BCUT2D eigenvalue weighted by Crippen LogP contribution is 2.27. The predicted octanol–water partition coefficient (Wildman–Crippen LogP) is 1.22. The average Bonchev–Trinajstić information content (AvgIpc) is 2.42. The molecule has 0 spiro atoms. The molecule has 1 atom stereocenters. The molecule has 0 saturated heterocycles. The van der Waals surface area contributed by atoms with Crippen molar-refractivity contribution in [2.75, 3.05) is 20.3 Å². The number of carbonyl (C=O) groups excluding carboxylic acids is 1. The van der Waals surface area contributed by atoms with Gasteiger partial charge in [-0.15, -0.1) is 0 Å². The number of aliphatic carboxylic acids is 1. The Morgan fingerprint density at radius 2 is 2.05 bits per heavy atom. The summed E-state index contributed by atoms with van der Waals surface area (Å²) in [6, 6.07) is 5.38. The number of benzene rings is 1. The quantitative estimate of drug-likeness (QED) is 0.785. The molecule has 0 aliphatic carbocycles. The number of aryl methyl sites for hydroxylation is 1. The molecular weight excluding hydrogens is 262 g/mol. The summed E-state index contributed by atoms with van der Waals surface area (Å²) in [6.45, 7) is 3.33. The fourth-order valence-electron chi connectivity index (χ4n) is 1.44. The Hall–Kier alpha value is -2.24. The smallest absolute Gasteiger partial charge is 0.308 e. The number of carbonyl (C=O) groups is 2. The van der Waals surface area contributed by atoms with Gasteiger partial charge < -0.3 is 19.9 Å². The van der Waals surface area contributed by atoms with Crippen molar-refractivity contribution in [3.05, 3.63) is 23.8 Å². The summed E-state index contributed by atoms with van der Waals surface area (Å²) in [5.41, 5.74) is 1.02. The van der Waals surface area contributed by atoms with Crippen molar-refractivity contribution in [2.24, 2.45) is 5.92 Å². The van der Waals surface area contributed by atoms with Crippen LogP contribution in [0.2, 0.25) is 0 Å². The van der Waals surface area contributed by atoms with Gasteiger partial charge in [0.05, 0.1) is 13.0 Å². The Bertz CT molecular complexity index is 486. The first kappa shape index (κ1) is 15.8. The fourth-order valence-corrected chi connectivity index (χ4v) is 1.44. The lowest BCUT2D eigenvalue weighted by atomic mass is 10.2. The Morgan fingerprint density at radius 3 is 2.65 bits per heavy atom. The van der Waals surface area contributed by atoms with Crippen LogP contribution in [0.3, 0.4) is 0 Å². The minimum absolute atomic E-state index is 0.0720. The van der Waals surface area contributed by atoms with E-state index >= 15 is 0 Å². The second-order valence-electron chi connectivity index (χ2n) is 4.49. The van der Waals surface area contributed by atoms with Crippen LogP contribution in [-0.2, 0) is 9.59 Å². The van der Waals surface area contributed by atoms with E-state index in [9.17, 15) is 9.59 Å². The van der Waals surface area contributed by atoms with Gasteiger partial charge in [0, 0.05) is 6.54 Å². The van der Waals surface area contributed by atoms with Gasteiger partial charge in [-0.05, 0) is 24.6 Å². The number of methoxy groups -OCH3 is 1. The van der Waals surface area contributed by atoms with Crippen LogP contribution < -0.4 is 14.8 Å². The molecule has 0 bridgehead atoms. The predicted molar refractivity (Wildman–Crippen MR) is 73.0 cm³/mol. The Labute approximate surface area is 117 Å². The first-order valence-corrected chi connectivity index (χ1v) is 6.21. The van der Waals surface area contributed by atoms with Crippen molar-refractivity contribution in [3.63, 3.8) is 0 Å². The van der Waals surface area contributed by atoms with Gasteiger partial charge in [0.15, 0.2) is 18.1 Å². The van der Waals surface area contributed by atoms with Gasteiger partial charge in [0.2, 0.25) is 0 Å². The molecule has 2 N–H and O–H groups in total. The minimum atomic E-state index is -0.952. The molecular formula is C14H19NO5. The van der Waals surface area contributed by atoms with E-state index in [0.29, 0.717) is 11.5 Å². The molecule has 1 aromatic carbocycles. The number of carboxylic acid groups (broad SMARTS) is 1. The van der Waals surface area contributed by atoms with Crippen molar-refractivity contribution in [2.45, 2.75) is 13.8 Å². The van der Waals surface area contributed by atoms with Crippen molar-refractivity contribution in [1.82, 2.24) is 5.32 Å². The van der Waals surface area contributed by atoms with Crippen LogP contribution in [0.15, 0.2) is 18.2 Å². The first-order chi connectivity index (χ1) is 9.43. The lowest BCUT2D eigenvalue weighted by Gasteiger charge is -2.12. The number of nitrogens with one attached hydrogen (secondary N) is 1. The first-order valence-electron chi connectivity index (χ1n) is 6.21. The van der Waals surface area contributed by atoms with Crippen LogP contribution in [-0.4, -0.2) is 37.2 Å². The van der Waals surface area contributed by atoms with Crippen molar-refractivity contribution < 1.29 is 24.2 Å². The van der Waals surface area contributed by atoms with Crippen LogP contribution in [0.25, 0.3) is 0 Å². The monoisotopic (exact) mass is 281 g/mol. The van der Waals surface area contributed by atoms with E-state index in [2.05, 4.69) is 5.32 Å². The van der Waals surface area contributed by atoms with E-state index in [1.807, 2.05) is 13.0 Å². The number of ether oxygens (including phenoxy) is 2. The van der Waals surface area contributed by atoms with Gasteiger partial charge in [-0.2, -0.15) is 0 Å². The number of hydrogen-bond donors (Lipinski definition) is 2. The Morgan fingerprint density at radius 1 is 1.35 bits per heavy atom. The van der Waals surface area contributed by atoms with Crippen LogP contribution in [0.4, 0.5) is 0 Å². The average molecular weight is 281 g/mol. The van der Waals surface area contributed by atoms with E-state index in [-0.39, 0.29) is 19.1 Å². The minimum Gasteiger partial charge on any atom is -0.493 e. The summed E-state index contributed by atoms with van der Waals surface area (Å²) in [4.78, 5) is 22.1. The van der Waals surface area contributed by atoms with Crippen molar-refractivity contribution in [1.29, 1.82) is 0 Å². The Balaban J connectivity index is 2.47. The van der Waals surface area contributed by atoms with Crippen LogP contribution in [0.1, 0.15) is 12.5 Å². The summed E-state index contributed by atoms with van der Waals surface area (Å²) in [6.07, 6.45) is 0. The van der Waals surface area contributed by atoms with E-state index < -0.39 is 11.9 Å². The number of carboxylic acids is 1. The summed E-state index contributed by atoms with van der Waals surface area (Å²) in [5, 5.41) is 11.2. The molecule has 20 heavy (non-hydrogen) atoms. The van der Waals surface area contributed by atoms with Gasteiger partial charge in [-0.3, -0.25) is 9.59 Å². The van der Waals surface area contributed by atoms with Crippen molar-refractivity contribution >= 4 is 11.9 Å². The molecule has 0 radical (unpaired) electrons. The number of hydrogen-bond acceptors (Lipinski definition) is 4. The van der Waals surface area contributed by atoms with Gasteiger partial charge in [-0.1, -0.05) is 13.0 Å². The van der Waals surface area contributed by atoms with Gasteiger partial charge in [0.25, 0.3) is 5.91 Å². The Kier molecular flexibility index (Phi) is 5.83. The topological polar surface area (TPSA) is 84.9 Å². The van der Waals surface area contributed by atoms with Crippen LogP contribution >= 0.6 is 0 Å². The molecule has 1 amide bonds. The maximum atomic E-state index is 11.5. The van der Waals surface area contributed by atoms with E-state index in [4.69, 9.17) is 14.6 Å². The molecule has 1 unspecified atom stereocenters. The number of rotatable bonds is 7. The van der Waals surface area contributed by atoms with Gasteiger partial charge in [-0.25, -0.2) is 0 Å². The molecule has 0 heterocycles. The molecule has 6 heteroatoms. The summed E-state index contributed by atoms with van der Waals surface area (Å²) in [5.74, 6) is -0.934. The maximum Gasteiger partial charge on any atom is 0.308 e. The zero-order valence-electron chi connectivity index (χ0n) is 11.8. The highest BCUT2D eigenvalue weighted by atomic mass is 16.5. The standard InChI is InChI=1S/C14H19NO5/c1-9-4-5-11(12(6-9)19-3)20-8-13(16)15-7-10(2)14(17)18/h4-6,10H,7-8H2,1-3H3,(H,15,16)(H,17,18). The maximum absolute atomic E-state index is 11.5. The van der Waals surface area contributed by atoms with Gasteiger partial charge in [0.1, 0.15) is 0 Å². The third kappa shape index (κ3) is 4.79. The highest BCUT2D eigenvalue weighted by Gasteiger charge is 2.13. The molecule has 6 nitrogen and oxygen atoms in total. The molecule has 0 aromatic heterocycles. The largest absolute Gasteiger partial charge is 0.493 e. The molecule has 1 aromatic rings. The zero-order valence-corrected chi connectivity index (χ0v) is 11.8. The van der Waals surface area contributed by atoms with E-state index in [0.717, 1.165) is 5.56 Å². The van der Waals surface area contributed by atoms with Crippen LogP contribution in [0, 0.1) is 12.8 Å². The third-order valence-corrected chi connectivity index (χ3v) is 2.70. The summed E-state index contributed by atoms with van der Waals surface area (Å²) in [7, 11) is 1.52. The van der Waals surface area contributed by atoms with Crippen LogP contribution in [0.5, 0.6) is 11.5 Å². The zero-order chi connectivity index (χ0) is 15.1. The third-order valence-electron chi connectivity index (χ3n) is 2.70. The molecule has 1 rings (SSSR count). The molecule has 110 valence electrons. The molecule has 0 saturated carbocycles. The van der Waals surface area contributed by atoms with Crippen molar-refractivity contribution in [3.8, 4) is 11.5 Å². The molecule has 0 aliphatic heterocycles. The van der Waals surface area contributed by atoms with E-state index in [1.54, 1.807) is 12.1 Å². The van der Waals surface area contributed by atoms with Gasteiger partial charge >= 0.3 is 5.97 Å². The summed E-state index contributed by atoms with van der Waals surface area (Å²) >= 11 is 0. The van der Waals surface area contributed by atoms with E-state index in [1.165, 1.54) is 14.0 Å². The highest BCUT2D eigenvalue weighted by molar-refractivity contribution is 5.78. The lowest BCUT2D eigenvalue weighted by molar-refractivity contribution is -0.141. The second-order valence-corrected chi connectivity index (χ2v) is 4.49. The fraction of sp³-hybridized carbons (Fsp3) is 0.429.